The second-order valence-electron chi connectivity index (χ2n) is 5.55. The van der Waals surface area contributed by atoms with E-state index in [-0.39, 0.29) is 11.7 Å². The van der Waals surface area contributed by atoms with Gasteiger partial charge in [0.15, 0.2) is 4.96 Å². The molecule has 4 aromatic rings. The van der Waals surface area contributed by atoms with Crippen LogP contribution in [0.4, 0.5) is 4.39 Å². The van der Waals surface area contributed by atoms with E-state index >= 15 is 0 Å². The Morgan fingerprint density at radius 2 is 2.04 bits per heavy atom. The molecule has 0 aliphatic rings. The maximum atomic E-state index is 13.1. The number of halogens is 1. The normalized spacial score (nSPS) is 11.1. The van der Waals surface area contributed by atoms with Gasteiger partial charge in [-0.1, -0.05) is 6.07 Å². The van der Waals surface area contributed by atoms with Crippen molar-refractivity contribution in [3.8, 4) is 11.3 Å². The molecule has 0 atom stereocenters. The van der Waals surface area contributed by atoms with Gasteiger partial charge in [0.25, 0.3) is 0 Å². The van der Waals surface area contributed by atoms with E-state index in [1.807, 2.05) is 33.5 Å². The predicted molar refractivity (Wildman–Crippen MR) is 98.3 cm³/mol. The number of aromatic nitrogens is 2. The highest BCUT2D eigenvalue weighted by molar-refractivity contribution is 7.15. The molecular weight excluding hydrogens is 357 g/mol. The molecule has 0 saturated heterocycles. The van der Waals surface area contributed by atoms with Gasteiger partial charge in [-0.15, -0.1) is 22.7 Å². The molecule has 0 radical (unpaired) electrons. The van der Waals surface area contributed by atoms with E-state index in [0.29, 0.717) is 13.0 Å². The summed E-state index contributed by atoms with van der Waals surface area (Å²) in [4.78, 5) is 18.7. The fourth-order valence-electron chi connectivity index (χ4n) is 2.54. The molecule has 7 heteroatoms. The molecular formula is C18H14FN3OS2. The first-order chi connectivity index (χ1) is 12.2. The Kier molecular flexibility index (Phi) is 4.33. The number of carbonyl (C=O) groups is 1. The van der Waals surface area contributed by atoms with Gasteiger partial charge in [0, 0.05) is 27.7 Å². The van der Waals surface area contributed by atoms with Crippen LogP contribution in [0.15, 0.2) is 53.4 Å². The van der Waals surface area contributed by atoms with E-state index in [1.54, 1.807) is 23.5 Å². The molecule has 1 amide bonds. The smallest absolute Gasteiger partial charge is 0.226 e. The van der Waals surface area contributed by atoms with Gasteiger partial charge in [-0.3, -0.25) is 9.20 Å². The van der Waals surface area contributed by atoms with Crippen LogP contribution in [0.2, 0.25) is 0 Å². The second-order valence-corrected chi connectivity index (χ2v) is 7.41. The van der Waals surface area contributed by atoms with Crippen LogP contribution in [0.3, 0.4) is 0 Å². The van der Waals surface area contributed by atoms with Crippen molar-refractivity contribution in [2.45, 2.75) is 13.0 Å². The van der Waals surface area contributed by atoms with Crippen LogP contribution in [0.5, 0.6) is 0 Å². The quantitative estimate of drug-likeness (QED) is 0.574. The highest BCUT2D eigenvalue weighted by Crippen LogP contribution is 2.24. The van der Waals surface area contributed by atoms with Crippen molar-refractivity contribution in [2.24, 2.45) is 0 Å². The van der Waals surface area contributed by atoms with Crippen LogP contribution >= 0.6 is 22.7 Å². The number of carbonyl (C=O) groups excluding carboxylic acids is 1. The Hall–Kier alpha value is -2.51. The second kappa shape index (κ2) is 6.78. The first-order valence-corrected chi connectivity index (χ1v) is 9.45. The van der Waals surface area contributed by atoms with E-state index in [0.717, 1.165) is 26.8 Å². The standard InChI is InChI=1S/C18H14FN3OS2/c19-13-5-3-12(4-6-13)16-10-22-14(11-25-18(22)21-16)8-17(23)20-9-15-2-1-7-24-15/h1-7,10-11H,8-9H2,(H,20,23). The molecule has 1 N–H and O–H groups in total. The van der Waals surface area contributed by atoms with Gasteiger partial charge in [0.05, 0.1) is 18.7 Å². The third kappa shape index (κ3) is 3.47. The Morgan fingerprint density at radius 1 is 1.20 bits per heavy atom. The van der Waals surface area contributed by atoms with Crippen molar-refractivity contribution in [1.29, 1.82) is 0 Å². The zero-order valence-electron chi connectivity index (χ0n) is 13.1. The summed E-state index contributed by atoms with van der Waals surface area (Å²) < 4.78 is 15.0. The zero-order chi connectivity index (χ0) is 17.2. The average molecular weight is 371 g/mol. The summed E-state index contributed by atoms with van der Waals surface area (Å²) in [7, 11) is 0. The SMILES string of the molecule is O=C(Cc1csc2nc(-c3ccc(F)cc3)cn12)NCc1cccs1. The molecule has 0 aliphatic carbocycles. The van der Waals surface area contributed by atoms with E-state index in [4.69, 9.17) is 0 Å². The number of benzene rings is 1. The summed E-state index contributed by atoms with van der Waals surface area (Å²) in [6.07, 6.45) is 2.19. The summed E-state index contributed by atoms with van der Waals surface area (Å²) in [6, 6.07) is 10.2. The van der Waals surface area contributed by atoms with E-state index in [2.05, 4.69) is 10.3 Å². The molecule has 0 aliphatic heterocycles. The lowest BCUT2D eigenvalue weighted by molar-refractivity contribution is -0.120. The summed E-state index contributed by atoms with van der Waals surface area (Å²) in [5.74, 6) is -0.294. The van der Waals surface area contributed by atoms with Gasteiger partial charge in [-0.2, -0.15) is 0 Å². The maximum Gasteiger partial charge on any atom is 0.226 e. The number of hydrogen-bond acceptors (Lipinski definition) is 4. The Bertz CT molecular complexity index is 1000. The molecule has 3 heterocycles. The highest BCUT2D eigenvalue weighted by Gasteiger charge is 2.12. The lowest BCUT2D eigenvalue weighted by Crippen LogP contribution is -2.24. The molecule has 4 nitrogen and oxygen atoms in total. The number of amides is 1. The summed E-state index contributed by atoms with van der Waals surface area (Å²) in [6.45, 7) is 0.550. The highest BCUT2D eigenvalue weighted by atomic mass is 32.1. The minimum Gasteiger partial charge on any atom is -0.351 e. The van der Waals surface area contributed by atoms with E-state index in [9.17, 15) is 9.18 Å². The molecule has 4 rings (SSSR count). The Labute approximate surface area is 151 Å². The first-order valence-electron chi connectivity index (χ1n) is 7.69. The third-order valence-corrected chi connectivity index (χ3v) is 5.57. The van der Waals surface area contributed by atoms with Crippen LogP contribution in [0.25, 0.3) is 16.2 Å². The molecule has 0 unspecified atom stereocenters. The van der Waals surface area contributed by atoms with Crippen molar-refractivity contribution in [2.75, 3.05) is 0 Å². The molecule has 0 spiro atoms. The first kappa shape index (κ1) is 16.0. The number of nitrogens with one attached hydrogen (secondary N) is 1. The van der Waals surface area contributed by atoms with Gasteiger partial charge in [0.2, 0.25) is 5.91 Å². The number of thiophene rings is 1. The fraction of sp³-hybridized carbons (Fsp3) is 0.111. The summed E-state index contributed by atoms with van der Waals surface area (Å²) >= 11 is 3.11. The van der Waals surface area contributed by atoms with Crippen molar-refractivity contribution in [3.05, 3.63) is 69.7 Å². The van der Waals surface area contributed by atoms with Crippen molar-refractivity contribution >= 4 is 33.5 Å². The third-order valence-electron chi connectivity index (χ3n) is 3.80. The zero-order valence-corrected chi connectivity index (χ0v) is 14.7. The van der Waals surface area contributed by atoms with Crippen LogP contribution in [-0.4, -0.2) is 15.3 Å². The number of fused-ring (bicyclic) bond motifs is 1. The predicted octanol–water partition coefficient (Wildman–Crippen LogP) is 4.12. The minimum absolute atomic E-state index is 0.0230. The van der Waals surface area contributed by atoms with Gasteiger partial charge < -0.3 is 5.32 Å². The van der Waals surface area contributed by atoms with Crippen LogP contribution in [0.1, 0.15) is 10.6 Å². The number of nitrogens with zero attached hydrogens (tertiary/aromatic N) is 2. The monoisotopic (exact) mass is 371 g/mol. The number of imidazole rings is 1. The lowest BCUT2D eigenvalue weighted by Gasteiger charge is -2.03. The molecule has 1 aromatic carbocycles. The van der Waals surface area contributed by atoms with Crippen molar-refractivity contribution < 1.29 is 9.18 Å². The molecule has 25 heavy (non-hydrogen) atoms. The molecule has 3 aromatic heterocycles. The molecule has 126 valence electrons. The summed E-state index contributed by atoms with van der Waals surface area (Å²) in [5, 5.41) is 6.87. The largest absolute Gasteiger partial charge is 0.351 e. The van der Waals surface area contributed by atoms with E-state index in [1.165, 1.54) is 23.5 Å². The fourth-order valence-corrected chi connectivity index (χ4v) is 4.06. The maximum absolute atomic E-state index is 13.1. The van der Waals surface area contributed by atoms with Gasteiger partial charge >= 0.3 is 0 Å². The summed E-state index contributed by atoms with van der Waals surface area (Å²) in [5.41, 5.74) is 2.52. The molecule has 0 bridgehead atoms. The van der Waals surface area contributed by atoms with Crippen LogP contribution < -0.4 is 5.32 Å². The van der Waals surface area contributed by atoms with Crippen LogP contribution in [0, 0.1) is 5.82 Å². The number of hydrogen-bond donors (Lipinski definition) is 1. The number of rotatable bonds is 5. The average Bonchev–Trinajstić information content (AvgIpc) is 3.32. The van der Waals surface area contributed by atoms with Crippen LogP contribution in [-0.2, 0) is 17.8 Å². The Balaban J connectivity index is 1.50. The van der Waals surface area contributed by atoms with Gasteiger partial charge in [0.1, 0.15) is 5.82 Å². The van der Waals surface area contributed by atoms with Crippen molar-refractivity contribution in [1.82, 2.24) is 14.7 Å². The lowest BCUT2D eigenvalue weighted by atomic mass is 10.2. The number of thiazole rings is 1. The van der Waals surface area contributed by atoms with Crippen molar-refractivity contribution in [3.63, 3.8) is 0 Å². The minimum atomic E-state index is -0.270. The van der Waals surface area contributed by atoms with Gasteiger partial charge in [-0.25, -0.2) is 9.37 Å². The van der Waals surface area contributed by atoms with E-state index < -0.39 is 0 Å². The van der Waals surface area contributed by atoms with Gasteiger partial charge in [-0.05, 0) is 35.7 Å². The Morgan fingerprint density at radius 3 is 2.80 bits per heavy atom. The topological polar surface area (TPSA) is 46.4 Å². The molecule has 0 saturated carbocycles. The molecule has 0 fully saturated rings.